The molecule has 0 radical (unpaired) electrons. The first-order chi connectivity index (χ1) is 13.5. The molecule has 2 aromatic rings. The molecule has 0 fully saturated rings. The lowest BCUT2D eigenvalue weighted by Gasteiger charge is -2.08. The molecule has 0 aromatic heterocycles. The summed E-state index contributed by atoms with van der Waals surface area (Å²) in [5, 5.41) is 8.28. The molecule has 0 aliphatic carbocycles. The zero-order chi connectivity index (χ0) is 20.2. The van der Waals surface area contributed by atoms with Gasteiger partial charge in [0.1, 0.15) is 0 Å². The summed E-state index contributed by atoms with van der Waals surface area (Å²) in [6.45, 7) is 2.71. The van der Waals surface area contributed by atoms with E-state index in [1.807, 2.05) is 61.5 Å². The second-order valence-corrected chi connectivity index (χ2v) is 7.25. The third-order valence-corrected chi connectivity index (χ3v) is 4.71. The number of carbonyl (C=O) groups excluding carboxylic acids is 3. The highest BCUT2D eigenvalue weighted by Crippen LogP contribution is 2.09. The van der Waals surface area contributed by atoms with E-state index in [4.69, 9.17) is 0 Å². The molecule has 0 saturated carbocycles. The molecule has 3 N–H and O–H groups in total. The summed E-state index contributed by atoms with van der Waals surface area (Å²) in [7, 11) is 0. The molecule has 7 heteroatoms. The summed E-state index contributed by atoms with van der Waals surface area (Å²) in [4.78, 5) is 35.4. The molecule has 0 aliphatic rings. The molecule has 0 heterocycles. The summed E-state index contributed by atoms with van der Waals surface area (Å²) < 4.78 is 0. The Morgan fingerprint density at radius 1 is 0.786 bits per heavy atom. The maximum Gasteiger partial charge on any atom is 0.234 e. The average Bonchev–Trinajstić information content (AvgIpc) is 2.68. The number of hydrogen-bond acceptors (Lipinski definition) is 4. The molecule has 3 amide bonds. The second kappa shape index (κ2) is 11.8. The van der Waals surface area contributed by atoms with Gasteiger partial charge in [0.15, 0.2) is 0 Å². The predicted molar refractivity (Wildman–Crippen MR) is 113 cm³/mol. The fraction of sp³-hybridized carbons (Fsp3) is 0.286. The van der Waals surface area contributed by atoms with E-state index < -0.39 is 0 Å². The number of carbonyl (C=O) groups is 3. The number of rotatable bonds is 10. The Kier molecular flexibility index (Phi) is 9.07. The number of aryl methyl sites for hydroxylation is 1. The molecule has 6 nitrogen and oxygen atoms in total. The lowest BCUT2D eigenvalue weighted by Crippen LogP contribution is -2.36. The largest absolute Gasteiger partial charge is 0.354 e. The fourth-order valence-corrected chi connectivity index (χ4v) is 3.02. The molecule has 0 aliphatic heterocycles. The van der Waals surface area contributed by atoms with E-state index >= 15 is 0 Å². The number of amides is 3. The van der Waals surface area contributed by atoms with Crippen LogP contribution in [-0.4, -0.2) is 42.3 Å². The molecule has 148 valence electrons. The lowest BCUT2D eigenvalue weighted by molar-refractivity contribution is -0.121. The van der Waals surface area contributed by atoms with Crippen LogP contribution in [0.3, 0.4) is 0 Å². The average molecular weight is 400 g/mol. The van der Waals surface area contributed by atoms with Gasteiger partial charge >= 0.3 is 0 Å². The van der Waals surface area contributed by atoms with Crippen molar-refractivity contribution in [3.05, 3.63) is 65.7 Å². The quantitative estimate of drug-likeness (QED) is 0.534. The number of nitrogens with one attached hydrogen (secondary N) is 3. The van der Waals surface area contributed by atoms with Crippen molar-refractivity contribution in [3.63, 3.8) is 0 Å². The van der Waals surface area contributed by atoms with Crippen LogP contribution >= 0.6 is 11.8 Å². The maximum atomic E-state index is 11.9. The second-order valence-electron chi connectivity index (χ2n) is 6.27. The van der Waals surface area contributed by atoms with Crippen molar-refractivity contribution in [2.75, 3.05) is 29.9 Å². The van der Waals surface area contributed by atoms with Crippen LogP contribution in [0, 0.1) is 6.92 Å². The SMILES string of the molecule is Cc1ccc(NC(=O)CSCC(=O)NCCNC(=O)Cc2ccccc2)cc1. The van der Waals surface area contributed by atoms with Crippen molar-refractivity contribution in [1.82, 2.24) is 10.6 Å². The van der Waals surface area contributed by atoms with Crippen molar-refractivity contribution < 1.29 is 14.4 Å². The smallest absolute Gasteiger partial charge is 0.234 e. The standard InChI is InChI=1S/C21H25N3O3S/c1-16-7-9-18(10-8-16)24-21(27)15-28-14-20(26)23-12-11-22-19(25)13-17-5-3-2-4-6-17/h2-10H,11-15H2,1H3,(H,22,25)(H,23,26)(H,24,27). The Bertz CT molecular complexity index is 779. The van der Waals surface area contributed by atoms with Crippen LogP contribution in [-0.2, 0) is 20.8 Å². The van der Waals surface area contributed by atoms with Crippen molar-refractivity contribution >= 4 is 35.2 Å². The van der Waals surface area contributed by atoms with Gasteiger partial charge < -0.3 is 16.0 Å². The number of hydrogen-bond donors (Lipinski definition) is 3. The van der Waals surface area contributed by atoms with Gasteiger partial charge in [0.05, 0.1) is 17.9 Å². The van der Waals surface area contributed by atoms with Gasteiger partial charge in [0.2, 0.25) is 17.7 Å². The monoisotopic (exact) mass is 399 g/mol. The van der Waals surface area contributed by atoms with Gasteiger partial charge in [-0.1, -0.05) is 48.0 Å². The number of benzene rings is 2. The van der Waals surface area contributed by atoms with Crippen molar-refractivity contribution in [2.24, 2.45) is 0 Å². The molecular weight excluding hydrogens is 374 g/mol. The molecule has 2 rings (SSSR count). The van der Waals surface area contributed by atoms with Crippen LogP contribution in [0.25, 0.3) is 0 Å². The van der Waals surface area contributed by atoms with Crippen molar-refractivity contribution in [1.29, 1.82) is 0 Å². The lowest BCUT2D eigenvalue weighted by atomic mass is 10.1. The van der Waals surface area contributed by atoms with Gasteiger partial charge in [-0.2, -0.15) is 0 Å². The van der Waals surface area contributed by atoms with E-state index in [-0.39, 0.29) is 29.2 Å². The summed E-state index contributed by atoms with van der Waals surface area (Å²) in [5.74, 6) is 0.0110. The first-order valence-corrected chi connectivity index (χ1v) is 10.2. The van der Waals surface area contributed by atoms with Crippen molar-refractivity contribution in [2.45, 2.75) is 13.3 Å². The Hall–Kier alpha value is -2.80. The topological polar surface area (TPSA) is 87.3 Å². The Labute approximate surface area is 169 Å². The zero-order valence-corrected chi connectivity index (χ0v) is 16.7. The molecular formula is C21H25N3O3S. The summed E-state index contributed by atoms with van der Waals surface area (Å²) >= 11 is 1.25. The molecule has 0 unspecified atom stereocenters. The first kappa shape index (κ1) is 21.5. The summed E-state index contributed by atoms with van der Waals surface area (Å²) in [5.41, 5.74) is 2.82. The Balaban J connectivity index is 1.52. The van der Waals surface area contributed by atoms with Gasteiger partial charge in [0.25, 0.3) is 0 Å². The van der Waals surface area contributed by atoms with Gasteiger partial charge in [-0.3, -0.25) is 14.4 Å². The Morgan fingerprint density at radius 2 is 1.39 bits per heavy atom. The molecule has 28 heavy (non-hydrogen) atoms. The molecule has 0 spiro atoms. The van der Waals surface area contributed by atoms with Crippen LogP contribution < -0.4 is 16.0 Å². The van der Waals surface area contributed by atoms with E-state index in [0.717, 1.165) is 16.8 Å². The van der Waals surface area contributed by atoms with Gasteiger partial charge in [-0.05, 0) is 24.6 Å². The summed E-state index contributed by atoms with van der Waals surface area (Å²) in [6.07, 6.45) is 0.320. The highest BCUT2D eigenvalue weighted by atomic mass is 32.2. The van der Waals surface area contributed by atoms with Crippen LogP contribution in [0.5, 0.6) is 0 Å². The van der Waals surface area contributed by atoms with Crippen LogP contribution in [0.15, 0.2) is 54.6 Å². The van der Waals surface area contributed by atoms with Gasteiger partial charge in [0, 0.05) is 18.8 Å². The summed E-state index contributed by atoms with van der Waals surface area (Å²) in [6, 6.07) is 17.0. The van der Waals surface area contributed by atoms with E-state index in [2.05, 4.69) is 16.0 Å². The minimum absolute atomic E-state index is 0.0809. The minimum Gasteiger partial charge on any atom is -0.354 e. The van der Waals surface area contributed by atoms with E-state index in [0.29, 0.717) is 19.5 Å². The third-order valence-electron chi connectivity index (χ3n) is 3.78. The fourth-order valence-electron chi connectivity index (χ4n) is 2.37. The minimum atomic E-state index is -0.162. The number of anilines is 1. The maximum absolute atomic E-state index is 11.9. The predicted octanol–water partition coefficient (Wildman–Crippen LogP) is 2.14. The van der Waals surface area contributed by atoms with Crippen LogP contribution in [0.1, 0.15) is 11.1 Å². The zero-order valence-electron chi connectivity index (χ0n) is 15.9. The highest BCUT2D eigenvalue weighted by Gasteiger charge is 2.07. The number of thioether (sulfide) groups is 1. The van der Waals surface area contributed by atoms with E-state index in [1.165, 1.54) is 11.8 Å². The first-order valence-electron chi connectivity index (χ1n) is 9.04. The van der Waals surface area contributed by atoms with Crippen molar-refractivity contribution in [3.8, 4) is 0 Å². The Morgan fingerprint density at radius 3 is 2.07 bits per heavy atom. The third kappa shape index (κ3) is 8.73. The van der Waals surface area contributed by atoms with Crippen LogP contribution in [0.2, 0.25) is 0 Å². The van der Waals surface area contributed by atoms with Gasteiger partial charge in [-0.25, -0.2) is 0 Å². The van der Waals surface area contributed by atoms with E-state index in [9.17, 15) is 14.4 Å². The molecule has 2 aromatic carbocycles. The van der Waals surface area contributed by atoms with E-state index in [1.54, 1.807) is 0 Å². The highest BCUT2D eigenvalue weighted by molar-refractivity contribution is 8.00. The normalized spacial score (nSPS) is 10.2. The van der Waals surface area contributed by atoms with Crippen LogP contribution in [0.4, 0.5) is 5.69 Å². The molecule has 0 saturated heterocycles. The van der Waals surface area contributed by atoms with Gasteiger partial charge in [-0.15, -0.1) is 11.8 Å². The molecule has 0 atom stereocenters. The molecule has 0 bridgehead atoms.